The van der Waals surface area contributed by atoms with Gasteiger partial charge in [-0.25, -0.2) is 4.98 Å². The Labute approximate surface area is 181 Å². The van der Waals surface area contributed by atoms with Crippen molar-refractivity contribution in [2.45, 2.75) is 33.6 Å². The number of amides is 1. The van der Waals surface area contributed by atoms with E-state index in [0.29, 0.717) is 6.42 Å². The zero-order chi connectivity index (χ0) is 19.7. The van der Waals surface area contributed by atoms with Crippen LogP contribution in [0.25, 0.3) is 16.2 Å². The first-order valence-corrected chi connectivity index (χ1v) is 10.3. The topological polar surface area (TPSA) is 46.4 Å². The molecule has 2 aromatic heterocycles. The summed E-state index contributed by atoms with van der Waals surface area (Å²) in [6.45, 7) is 6.33. The number of imidazole rings is 1. The Morgan fingerprint density at radius 2 is 1.97 bits per heavy atom. The Morgan fingerprint density at radius 3 is 2.72 bits per heavy atom. The van der Waals surface area contributed by atoms with Gasteiger partial charge in [0.1, 0.15) is 0 Å². The first-order valence-electron chi connectivity index (χ1n) is 9.45. The van der Waals surface area contributed by atoms with Crippen molar-refractivity contribution < 1.29 is 4.79 Å². The normalized spacial score (nSPS) is 10.7. The van der Waals surface area contributed by atoms with Gasteiger partial charge in [0.2, 0.25) is 5.91 Å². The van der Waals surface area contributed by atoms with Gasteiger partial charge < -0.3 is 5.32 Å². The number of aromatic nitrogens is 2. The fourth-order valence-electron chi connectivity index (χ4n) is 3.24. The maximum Gasteiger partial charge on any atom is 0.230 e. The smallest absolute Gasteiger partial charge is 0.230 e. The molecule has 4 nitrogen and oxygen atoms in total. The van der Waals surface area contributed by atoms with Gasteiger partial charge in [0.05, 0.1) is 12.1 Å². The summed E-state index contributed by atoms with van der Waals surface area (Å²) in [5, 5.41) is 5.01. The van der Waals surface area contributed by atoms with E-state index in [2.05, 4.69) is 50.4 Å². The molecule has 0 saturated carbocycles. The fourth-order valence-corrected chi connectivity index (χ4v) is 4.11. The van der Waals surface area contributed by atoms with Crippen molar-refractivity contribution in [1.82, 2.24) is 9.38 Å². The lowest BCUT2D eigenvalue weighted by Crippen LogP contribution is -2.15. The van der Waals surface area contributed by atoms with Crippen molar-refractivity contribution in [3.05, 3.63) is 76.4 Å². The molecule has 2 aromatic carbocycles. The first kappa shape index (κ1) is 21.1. The average molecular weight is 426 g/mol. The molecule has 0 unspecified atom stereocenters. The third-order valence-corrected chi connectivity index (χ3v) is 5.94. The highest BCUT2D eigenvalue weighted by Gasteiger charge is 2.13. The highest BCUT2D eigenvalue weighted by molar-refractivity contribution is 7.15. The van der Waals surface area contributed by atoms with Crippen molar-refractivity contribution in [3.8, 4) is 11.3 Å². The highest BCUT2D eigenvalue weighted by atomic mass is 35.5. The van der Waals surface area contributed by atoms with E-state index in [1.807, 2.05) is 34.2 Å². The first-order chi connectivity index (χ1) is 13.5. The summed E-state index contributed by atoms with van der Waals surface area (Å²) in [5.74, 6) is -0.0191. The van der Waals surface area contributed by atoms with Gasteiger partial charge in [0, 0.05) is 28.5 Å². The van der Waals surface area contributed by atoms with Crippen molar-refractivity contribution in [1.29, 1.82) is 0 Å². The number of aryl methyl sites for hydroxylation is 3. The molecule has 0 aliphatic heterocycles. The van der Waals surface area contributed by atoms with Gasteiger partial charge in [-0.1, -0.05) is 31.2 Å². The molecule has 2 heterocycles. The Bertz CT molecular complexity index is 1160. The maximum absolute atomic E-state index is 12.5. The lowest BCUT2D eigenvalue weighted by molar-refractivity contribution is -0.115. The number of carbonyl (C=O) groups excluding carboxylic acids is 1. The fraction of sp³-hybridized carbons (Fsp3) is 0.217. The number of thiazole rings is 1. The predicted octanol–water partition coefficient (Wildman–Crippen LogP) is 5.85. The number of hydrogen-bond donors (Lipinski definition) is 1. The molecule has 4 rings (SSSR count). The van der Waals surface area contributed by atoms with Crippen LogP contribution in [0.1, 0.15) is 29.3 Å². The third-order valence-electron chi connectivity index (χ3n) is 5.05. The van der Waals surface area contributed by atoms with E-state index in [-0.39, 0.29) is 18.3 Å². The van der Waals surface area contributed by atoms with Gasteiger partial charge in [-0.3, -0.25) is 9.20 Å². The molecular formula is C23H24ClN3OS. The Kier molecular flexibility index (Phi) is 6.40. The molecule has 0 radical (unpaired) electrons. The molecule has 0 atom stereocenters. The zero-order valence-electron chi connectivity index (χ0n) is 16.7. The molecule has 0 aliphatic rings. The molecule has 4 aromatic rings. The quantitative estimate of drug-likeness (QED) is 0.436. The summed E-state index contributed by atoms with van der Waals surface area (Å²) >= 11 is 1.56. The molecule has 1 N–H and O–H groups in total. The highest BCUT2D eigenvalue weighted by Crippen LogP contribution is 2.25. The minimum atomic E-state index is -0.0191. The summed E-state index contributed by atoms with van der Waals surface area (Å²) in [4.78, 5) is 18.2. The van der Waals surface area contributed by atoms with Crippen LogP contribution in [-0.4, -0.2) is 15.3 Å². The van der Waals surface area contributed by atoms with E-state index in [0.717, 1.165) is 34.0 Å². The predicted molar refractivity (Wildman–Crippen MR) is 123 cm³/mol. The number of fused-ring (bicyclic) bond motifs is 1. The minimum absolute atomic E-state index is 0. The summed E-state index contributed by atoms with van der Waals surface area (Å²) < 4.78 is 2.03. The number of nitrogens with one attached hydrogen (secondary N) is 1. The van der Waals surface area contributed by atoms with Crippen LogP contribution in [0.5, 0.6) is 0 Å². The third kappa shape index (κ3) is 4.52. The monoisotopic (exact) mass is 425 g/mol. The van der Waals surface area contributed by atoms with Crippen LogP contribution in [0, 0.1) is 13.8 Å². The minimum Gasteiger partial charge on any atom is -0.326 e. The van der Waals surface area contributed by atoms with Crippen LogP contribution >= 0.6 is 23.7 Å². The Morgan fingerprint density at radius 1 is 1.14 bits per heavy atom. The number of benzene rings is 2. The van der Waals surface area contributed by atoms with Crippen LogP contribution < -0.4 is 5.32 Å². The van der Waals surface area contributed by atoms with Gasteiger partial charge in [-0.2, -0.15) is 0 Å². The molecule has 6 heteroatoms. The van der Waals surface area contributed by atoms with Crippen LogP contribution in [0.4, 0.5) is 5.69 Å². The number of carbonyl (C=O) groups is 1. The van der Waals surface area contributed by atoms with Gasteiger partial charge in [-0.15, -0.1) is 23.7 Å². The van der Waals surface area contributed by atoms with E-state index in [9.17, 15) is 4.79 Å². The molecule has 150 valence electrons. The number of rotatable bonds is 5. The van der Waals surface area contributed by atoms with Gasteiger partial charge in [-0.05, 0) is 55.2 Å². The average Bonchev–Trinajstić information content (AvgIpc) is 3.26. The van der Waals surface area contributed by atoms with E-state index in [4.69, 9.17) is 4.98 Å². The van der Waals surface area contributed by atoms with E-state index in [1.54, 1.807) is 11.3 Å². The summed E-state index contributed by atoms with van der Waals surface area (Å²) in [6.07, 6.45) is 3.29. The van der Waals surface area contributed by atoms with Crippen molar-refractivity contribution in [2.75, 3.05) is 5.32 Å². The van der Waals surface area contributed by atoms with E-state index < -0.39 is 0 Å². The van der Waals surface area contributed by atoms with Gasteiger partial charge >= 0.3 is 0 Å². The van der Waals surface area contributed by atoms with Crippen molar-refractivity contribution in [2.24, 2.45) is 0 Å². The second-order valence-corrected chi connectivity index (χ2v) is 7.92. The molecule has 29 heavy (non-hydrogen) atoms. The SMILES string of the molecule is CCc1cccc(NC(=O)Cc2csc3nc(-c4ccc(C)c(C)c4)cn23)c1.Cl. The molecule has 0 fully saturated rings. The lowest BCUT2D eigenvalue weighted by Gasteiger charge is -2.06. The molecule has 0 bridgehead atoms. The number of nitrogens with zero attached hydrogens (tertiary/aromatic N) is 2. The zero-order valence-corrected chi connectivity index (χ0v) is 18.4. The summed E-state index contributed by atoms with van der Waals surface area (Å²) in [5.41, 5.74) is 7.57. The maximum atomic E-state index is 12.5. The van der Waals surface area contributed by atoms with Crippen molar-refractivity contribution >= 4 is 40.3 Å². The van der Waals surface area contributed by atoms with E-state index in [1.165, 1.54) is 16.7 Å². The Hall–Kier alpha value is -2.63. The second kappa shape index (κ2) is 8.80. The van der Waals surface area contributed by atoms with Crippen molar-refractivity contribution in [3.63, 3.8) is 0 Å². The summed E-state index contributed by atoms with van der Waals surface area (Å²) in [6, 6.07) is 14.4. The van der Waals surface area contributed by atoms with Crippen LogP contribution in [0.2, 0.25) is 0 Å². The molecule has 0 aliphatic carbocycles. The lowest BCUT2D eigenvalue weighted by atomic mass is 10.0. The number of halogens is 1. The second-order valence-electron chi connectivity index (χ2n) is 7.08. The molecule has 0 saturated heterocycles. The molecular weight excluding hydrogens is 402 g/mol. The number of hydrogen-bond acceptors (Lipinski definition) is 3. The van der Waals surface area contributed by atoms with Gasteiger partial charge in [0.25, 0.3) is 0 Å². The standard InChI is InChI=1S/C23H23N3OS.ClH/c1-4-17-6-5-7-19(11-17)24-22(27)12-20-14-28-23-25-21(13-26(20)23)18-9-8-15(2)16(3)10-18;/h5-11,13-14H,4,12H2,1-3H3,(H,24,27);1H. The number of anilines is 1. The molecule has 1 amide bonds. The Balaban J connectivity index is 0.00000240. The summed E-state index contributed by atoms with van der Waals surface area (Å²) in [7, 11) is 0. The largest absolute Gasteiger partial charge is 0.326 e. The van der Waals surface area contributed by atoms with Crippen LogP contribution in [0.15, 0.2) is 54.0 Å². The van der Waals surface area contributed by atoms with Crippen LogP contribution in [0.3, 0.4) is 0 Å². The molecule has 0 spiro atoms. The van der Waals surface area contributed by atoms with Gasteiger partial charge in [0.15, 0.2) is 4.96 Å². The van der Waals surface area contributed by atoms with E-state index >= 15 is 0 Å². The van der Waals surface area contributed by atoms with Crippen LogP contribution in [-0.2, 0) is 17.6 Å².